The van der Waals surface area contributed by atoms with Gasteiger partial charge in [0.1, 0.15) is 0 Å². The van der Waals surface area contributed by atoms with Crippen molar-refractivity contribution in [2.24, 2.45) is 7.05 Å². The van der Waals surface area contributed by atoms with E-state index < -0.39 is 12.8 Å². The summed E-state index contributed by atoms with van der Waals surface area (Å²) in [5, 5.41) is 10.7. The molecule has 3 heteroatoms. The zero-order valence-corrected chi connectivity index (χ0v) is 18.9. The number of aryl methyl sites for hydroxylation is 2. The van der Waals surface area contributed by atoms with E-state index in [1.807, 2.05) is 6.07 Å². The number of rotatable bonds is 1. The average Bonchev–Trinajstić information content (AvgIpc) is 2.97. The van der Waals surface area contributed by atoms with Crippen LogP contribution in [0.4, 0.5) is 0 Å². The summed E-state index contributed by atoms with van der Waals surface area (Å²) in [6.07, 6.45) is 0. The Bertz CT molecular complexity index is 1360. The zero-order valence-electron chi connectivity index (χ0n) is 17.2. The molecule has 0 N–H and O–H groups in total. The molecule has 0 unspecified atom stereocenters. The summed E-state index contributed by atoms with van der Waals surface area (Å²) in [6, 6.07) is 26.0. The number of hydrogen-bond acceptors (Lipinski definition) is 1. The van der Waals surface area contributed by atoms with Gasteiger partial charge in [-0.25, -0.2) is 0 Å². The fraction of sp³-hybridized carbons (Fsp3) is 0.154. The van der Waals surface area contributed by atoms with Gasteiger partial charge in [-0.05, 0) is 0 Å². The Hall–Kier alpha value is -2.92. The molecule has 0 bridgehead atoms. The second kappa shape index (κ2) is 6.29. The molecule has 0 saturated carbocycles. The summed E-state index contributed by atoms with van der Waals surface area (Å²) < 4.78 is 5.35. The molecule has 0 saturated heterocycles. The summed E-state index contributed by atoms with van der Waals surface area (Å²) in [6.45, 7) is 2.20. The number of nitriles is 1. The maximum absolute atomic E-state index is 9.53. The molecule has 4 aromatic rings. The van der Waals surface area contributed by atoms with Gasteiger partial charge in [0.05, 0.1) is 0 Å². The molecule has 5 rings (SSSR count). The molecular weight excluding hydrogens is 419 g/mol. The molecule has 1 aromatic heterocycles. The molecule has 2 nitrogen and oxygen atoms in total. The van der Waals surface area contributed by atoms with Gasteiger partial charge in [-0.3, -0.25) is 0 Å². The van der Waals surface area contributed by atoms with Gasteiger partial charge in [0.15, 0.2) is 0 Å². The first-order valence-electron chi connectivity index (χ1n) is 9.74. The minimum atomic E-state index is -2.13. The molecule has 142 valence electrons. The molecule has 0 aliphatic carbocycles. The second-order valence-electron chi connectivity index (χ2n) is 8.09. The van der Waals surface area contributed by atoms with E-state index in [0.29, 0.717) is 5.56 Å². The van der Waals surface area contributed by atoms with Crippen molar-refractivity contribution in [1.82, 2.24) is 0 Å². The Kier molecular flexibility index (Phi) is 3.93. The summed E-state index contributed by atoms with van der Waals surface area (Å²) in [4.78, 5) is 0. The summed E-state index contributed by atoms with van der Waals surface area (Å²) in [7, 11) is 2.17. The molecule has 1 aliphatic heterocycles. The van der Waals surface area contributed by atoms with Crippen molar-refractivity contribution in [1.29, 1.82) is 5.26 Å². The third-order valence-corrected chi connectivity index (χ3v) is 12.2. The van der Waals surface area contributed by atoms with Crippen LogP contribution in [0.15, 0.2) is 66.7 Å². The Labute approximate surface area is 174 Å². The monoisotopic (exact) mass is 443 g/mol. The topological polar surface area (TPSA) is 27.7 Å². The van der Waals surface area contributed by atoms with E-state index in [4.69, 9.17) is 0 Å². The third-order valence-electron chi connectivity index (χ3n) is 6.15. The van der Waals surface area contributed by atoms with Crippen LogP contribution in [0, 0.1) is 18.3 Å². The summed E-state index contributed by atoms with van der Waals surface area (Å²) in [5.41, 5.74) is 8.51. The van der Waals surface area contributed by atoms with Gasteiger partial charge in [-0.1, -0.05) is 0 Å². The molecule has 0 fully saturated rings. The molecule has 29 heavy (non-hydrogen) atoms. The van der Waals surface area contributed by atoms with E-state index in [9.17, 15) is 5.26 Å². The predicted molar refractivity (Wildman–Crippen MR) is 122 cm³/mol. The second-order valence-corrected chi connectivity index (χ2v) is 15.4. The Morgan fingerprint density at radius 1 is 0.897 bits per heavy atom. The van der Waals surface area contributed by atoms with Crippen molar-refractivity contribution in [3.8, 4) is 28.5 Å². The first-order valence-corrected chi connectivity index (χ1v) is 14.9. The maximum atomic E-state index is 9.53. The molecular formula is C26H23N2Se+. The van der Waals surface area contributed by atoms with Crippen LogP contribution in [0.3, 0.4) is 0 Å². The van der Waals surface area contributed by atoms with Crippen LogP contribution in [-0.2, 0) is 7.05 Å². The van der Waals surface area contributed by atoms with Gasteiger partial charge in [0.2, 0.25) is 0 Å². The van der Waals surface area contributed by atoms with Crippen LogP contribution in [0.5, 0.6) is 0 Å². The molecule has 0 atom stereocenters. The molecule has 0 radical (unpaired) electrons. The fourth-order valence-electron chi connectivity index (χ4n) is 4.75. The van der Waals surface area contributed by atoms with E-state index in [1.54, 1.807) is 0 Å². The van der Waals surface area contributed by atoms with Gasteiger partial charge in [0.25, 0.3) is 0 Å². The molecule has 0 spiro atoms. The first-order chi connectivity index (χ1) is 13.9. The first kappa shape index (κ1) is 18.1. The zero-order chi connectivity index (χ0) is 20.3. The van der Waals surface area contributed by atoms with Crippen LogP contribution in [0.1, 0.15) is 11.1 Å². The van der Waals surface area contributed by atoms with Crippen molar-refractivity contribution in [2.45, 2.75) is 18.6 Å². The summed E-state index contributed by atoms with van der Waals surface area (Å²) >= 11 is -2.13. The van der Waals surface area contributed by atoms with Crippen LogP contribution < -0.4 is 13.5 Å². The number of nitrogens with zero attached hydrogens (tertiary/aromatic N) is 2. The minimum absolute atomic E-state index is 0.717. The number of hydrogen-bond donors (Lipinski definition) is 0. The quantitative estimate of drug-likeness (QED) is 0.319. The van der Waals surface area contributed by atoms with Gasteiger partial charge in [0, 0.05) is 0 Å². The van der Waals surface area contributed by atoms with E-state index in [1.165, 1.54) is 47.8 Å². The Morgan fingerprint density at radius 3 is 2.31 bits per heavy atom. The molecule has 3 aromatic carbocycles. The fourth-order valence-corrected chi connectivity index (χ4v) is 10.7. The van der Waals surface area contributed by atoms with E-state index in [-0.39, 0.29) is 0 Å². The molecule has 2 heterocycles. The van der Waals surface area contributed by atoms with E-state index >= 15 is 0 Å². The molecule has 0 amide bonds. The van der Waals surface area contributed by atoms with Crippen molar-refractivity contribution in [3.63, 3.8) is 0 Å². The van der Waals surface area contributed by atoms with Crippen LogP contribution >= 0.6 is 0 Å². The number of aromatic nitrogens is 1. The molecule has 1 aliphatic rings. The number of benzene rings is 3. The van der Waals surface area contributed by atoms with Gasteiger partial charge >= 0.3 is 174 Å². The van der Waals surface area contributed by atoms with Crippen molar-refractivity contribution in [2.75, 3.05) is 0 Å². The van der Waals surface area contributed by atoms with Gasteiger partial charge < -0.3 is 0 Å². The normalized spacial score (nSPS) is 14.9. The van der Waals surface area contributed by atoms with Crippen LogP contribution in [0.2, 0.25) is 11.6 Å². The van der Waals surface area contributed by atoms with Crippen LogP contribution in [0.25, 0.3) is 33.3 Å². The number of fused-ring (bicyclic) bond motifs is 5. The standard InChI is InChI=1S/C26H23N2Se/c1-17-9-5-6-10-19(17)25-26-24(20-11-7-8-12-23(20)29(26,3)4)21-15-18(16-27)13-14-22(21)28(25)2/h5-15H,1-4H3/q+1. The van der Waals surface area contributed by atoms with Crippen molar-refractivity contribution >= 4 is 32.7 Å². The SMILES string of the molecule is Cc1ccccc1-c1c2c(c3cc(C#N)ccc3[n+]1C)-c1ccccc1[Se]2(C)C. The summed E-state index contributed by atoms with van der Waals surface area (Å²) in [5.74, 6) is 4.95. The average molecular weight is 442 g/mol. The van der Waals surface area contributed by atoms with E-state index in [0.717, 1.165) is 0 Å². The van der Waals surface area contributed by atoms with Crippen molar-refractivity contribution < 1.29 is 4.57 Å². The van der Waals surface area contributed by atoms with Gasteiger partial charge in [-0.15, -0.1) is 0 Å². The van der Waals surface area contributed by atoms with Crippen LogP contribution in [-0.4, -0.2) is 12.8 Å². The Balaban J connectivity index is 2.06. The Morgan fingerprint density at radius 2 is 1.59 bits per heavy atom. The van der Waals surface area contributed by atoms with Crippen molar-refractivity contribution in [3.05, 3.63) is 77.9 Å². The van der Waals surface area contributed by atoms with E-state index in [2.05, 4.69) is 96.9 Å². The predicted octanol–water partition coefficient (Wildman–Crippen LogP) is 4.31. The van der Waals surface area contributed by atoms with Gasteiger partial charge in [-0.2, -0.15) is 0 Å². The third kappa shape index (κ3) is 2.43. The number of pyridine rings is 1.